The van der Waals surface area contributed by atoms with Crippen LogP contribution >= 0.6 is 0 Å². The Morgan fingerprint density at radius 2 is 1.93 bits per heavy atom. The summed E-state index contributed by atoms with van der Waals surface area (Å²) >= 11 is 0. The van der Waals surface area contributed by atoms with Crippen LogP contribution in [0, 0.1) is 5.92 Å². The van der Waals surface area contributed by atoms with Crippen molar-refractivity contribution in [2.75, 3.05) is 19.6 Å². The average Bonchev–Trinajstić information content (AvgIpc) is 2.16. The van der Waals surface area contributed by atoms with Crippen LogP contribution in [0.15, 0.2) is 12.7 Å². The molecule has 0 aliphatic rings. The Morgan fingerprint density at radius 3 is 2.40 bits per heavy atom. The summed E-state index contributed by atoms with van der Waals surface area (Å²) in [6, 6.07) is 0.618. The lowest BCUT2D eigenvalue weighted by Gasteiger charge is -2.25. The lowest BCUT2D eigenvalue weighted by molar-refractivity contribution is 0.235. The lowest BCUT2D eigenvalue weighted by atomic mass is 10.0. The van der Waals surface area contributed by atoms with Crippen molar-refractivity contribution in [2.45, 2.75) is 46.1 Å². The quantitative estimate of drug-likeness (QED) is 0.595. The molecule has 2 heteroatoms. The Balaban J connectivity index is 3.65. The minimum absolute atomic E-state index is 0.618. The van der Waals surface area contributed by atoms with Crippen LogP contribution < -0.4 is 5.73 Å². The minimum Gasteiger partial charge on any atom is -0.330 e. The first-order valence-corrected chi connectivity index (χ1v) is 6.16. The summed E-state index contributed by atoms with van der Waals surface area (Å²) in [7, 11) is 0. The van der Waals surface area contributed by atoms with Crippen LogP contribution in [-0.2, 0) is 0 Å². The summed E-state index contributed by atoms with van der Waals surface area (Å²) in [5.74, 6) is 0.771. The van der Waals surface area contributed by atoms with Gasteiger partial charge in [0, 0.05) is 12.6 Å². The molecule has 0 aliphatic carbocycles. The average molecular weight is 212 g/mol. The molecule has 0 aromatic carbocycles. The monoisotopic (exact) mass is 212 g/mol. The molecule has 2 N–H and O–H groups in total. The maximum atomic E-state index is 5.53. The Labute approximate surface area is 95.5 Å². The molecule has 0 bridgehead atoms. The minimum atomic E-state index is 0.618. The number of hydrogen-bond acceptors (Lipinski definition) is 2. The first-order valence-electron chi connectivity index (χ1n) is 6.16. The highest BCUT2D eigenvalue weighted by molar-refractivity contribution is 4.75. The van der Waals surface area contributed by atoms with E-state index in [1.54, 1.807) is 0 Å². The molecule has 15 heavy (non-hydrogen) atoms. The summed E-state index contributed by atoms with van der Waals surface area (Å²) in [5.41, 5.74) is 5.53. The molecule has 0 rings (SSSR count). The highest BCUT2D eigenvalue weighted by atomic mass is 15.1. The van der Waals surface area contributed by atoms with Crippen molar-refractivity contribution in [3.05, 3.63) is 12.7 Å². The van der Waals surface area contributed by atoms with Gasteiger partial charge in [0.1, 0.15) is 0 Å². The van der Waals surface area contributed by atoms with E-state index in [2.05, 4.69) is 32.3 Å². The van der Waals surface area contributed by atoms with Crippen LogP contribution in [0.3, 0.4) is 0 Å². The van der Waals surface area contributed by atoms with E-state index in [1.807, 2.05) is 6.08 Å². The van der Waals surface area contributed by atoms with E-state index in [0.29, 0.717) is 6.04 Å². The molecule has 0 saturated carbocycles. The zero-order valence-electron chi connectivity index (χ0n) is 10.7. The summed E-state index contributed by atoms with van der Waals surface area (Å²) in [6.07, 6.45) is 5.71. The molecule has 90 valence electrons. The SMILES string of the molecule is C=CCN(CCCC(C)CCN)C(C)C. The maximum absolute atomic E-state index is 5.53. The molecule has 0 fully saturated rings. The first kappa shape index (κ1) is 14.7. The molecule has 0 aromatic heterocycles. The third-order valence-corrected chi connectivity index (χ3v) is 2.90. The molecule has 0 heterocycles. The molecular formula is C13H28N2. The van der Waals surface area contributed by atoms with Crippen LogP contribution in [-0.4, -0.2) is 30.6 Å². The maximum Gasteiger partial charge on any atom is 0.0163 e. The summed E-state index contributed by atoms with van der Waals surface area (Å²) < 4.78 is 0. The predicted octanol–water partition coefficient (Wildman–Crippen LogP) is 2.65. The molecule has 0 radical (unpaired) electrons. The van der Waals surface area contributed by atoms with Crippen LogP contribution in [0.4, 0.5) is 0 Å². The fourth-order valence-electron chi connectivity index (χ4n) is 1.80. The summed E-state index contributed by atoms with van der Waals surface area (Å²) in [5, 5.41) is 0. The largest absolute Gasteiger partial charge is 0.330 e. The zero-order valence-corrected chi connectivity index (χ0v) is 10.7. The second-order valence-electron chi connectivity index (χ2n) is 4.70. The second-order valence-corrected chi connectivity index (χ2v) is 4.70. The number of hydrogen-bond donors (Lipinski definition) is 1. The lowest BCUT2D eigenvalue weighted by Crippen LogP contribution is -2.32. The molecular weight excluding hydrogens is 184 g/mol. The number of rotatable bonds is 9. The van der Waals surface area contributed by atoms with Crippen molar-refractivity contribution < 1.29 is 0 Å². The van der Waals surface area contributed by atoms with Crippen LogP contribution in [0.1, 0.15) is 40.0 Å². The van der Waals surface area contributed by atoms with E-state index >= 15 is 0 Å². The van der Waals surface area contributed by atoms with Gasteiger partial charge in [0.25, 0.3) is 0 Å². The zero-order chi connectivity index (χ0) is 11.7. The first-order chi connectivity index (χ1) is 7.11. The van der Waals surface area contributed by atoms with Crippen molar-refractivity contribution in [3.8, 4) is 0 Å². The van der Waals surface area contributed by atoms with Gasteiger partial charge >= 0.3 is 0 Å². The third-order valence-electron chi connectivity index (χ3n) is 2.90. The predicted molar refractivity (Wildman–Crippen MR) is 69.0 cm³/mol. The molecule has 0 saturated heterocycles. The van der Waals surface area contributed by atoms with E-state index in [9.17, 15) is 0 Å². The standard InChI is InChI=1S/C13H28N2/c1-5-10-15(12(2)3)11-6-7-13(4)8-9-14/h5,12-13H,1,6-11,14H2,2-4H3. The van der Waals surface area contributed by atoms with Gasteiger partial charge < -0.3 is 5.73 Å². The van der Waals surface area contributed by atoms with Gasteiger partial charge in [0.05, 0.1) is 0 Å². The van der Waals surface area contributed by atoms with Gasteiger partial charge in [-0.3, -0.25) is 4.90 Å². The van der Waals surface area contributed by atoms with Gasteiger partial charge in [-0.15, -0.1) is 6.58 Å². The van der Waals surface area contributed by atoms with Gasteiger partial charge in [-0.1, -0.05) is 13.0 Å². The van der Waals surface area contributed by atoms with Gasteiger partial charge in [-0.25, -0.2) is 0 Å². The Bertz CT molecular complexity index is 155. The number of nitrogens with zero attached hydrogens (tertiary/aromatic N) is 1. The van der Waals surface area contributed by atoms with Crippen molar-refractivity contribution in [2.24, 2.45) is 11.7 Å². The molecule has 0 spiro atoms. The smallest absolute Gasteiger partial charge is 0.0163 e. The topological polar surface area (TPSA) is 29.3 Å². The molecule has 1 unspecified atom stereocenters. The fourth-order valence-corrected chi connectivity index (χ4v) is 1.80. The summed E-state index contributed by atoms with van der Waals surface area (Å²) in [6.45, 7) is 13.6. The van der Waals surface area contributed by atoms with Crippen molar-refractivity contribution in [1.82, 2.24) is 4.90 Å². The van der Waals surface area contributed by atoms with Crippen LogP contribution in [0.25, 0.3) is 0 Å². The van der Waals surface area contributed by atoms with Crippen molar-refractivity contribution in [1.29, 1.82) is 0 Å². The summed E-state index contributed by atoms with van der Waals surface area (Å²) in [4.78, 5) is 2.46. The molecule has 0 aliphatic heterocycles. The molecule has 2 nitrogen and oxygen atoms in total. The van der Waals surface area contributed by atoms with E-state index in [0.717, 1.165) is 25.4 Å². The van der Waals surface area contributed by atoms with E-state index in [4.69, 9.17) is 5.73 Å². The normalized spacial score (nSPS) is 13.5. The highest BCUT2D eigenvalue weighted by Crippen LogP contribution is 2.10. The Kier molecular flexibility index (Phi) is 8.73. The van der Waals surface area contributed by atoms with E-state index in [1.165, 1.54) is 19.4 Å². The van der Waals surface area contributed by atoms with Gasteiger partial charge in [0.2, 0.25) is 0 Å². The van der Waals surface area contributed by atoms with Crippen LogP contribution in [0.2, 0.25) is 0 Å². The van der Waals surface area contributed by atoms with Crippen molar-refractivity contribution >= 4 is 0 Å². The Morgan fingerprint density at radius 1 is 1.27 bits per heavy atom. The van der Waals surface area contributed by atoms with Gasteiger partial charge in [-0.05, 0) is 52.1 Å². The second kappa shape index (κ2) is 8.93. The van der Waals surface area contributed by atoms with Crippen LogP contribution in [0.5, 0.6) is 0 Å². The molecule has 0 amide bonds. The van der Waals surface area contributed by atoms with Crippen molar-refractivity contribution in [3.63, 3.8) is 0 Å². The van der Waals surface area contributed by atoms with E-state index in [-0.39, 0.29) is 0 Å². The molecule has 1 atom stereocenters. The Hall–Kier alpha value is -0.340. The molecule has 0 aromatic rings. The van der Waals surface area contributed by atoms with Gasteiger partial charge in [0.15, 0.2) is 0 Å². The van der Waals surface area contributed by atoms with Gasteiger partial charge in [-0.2, -0.15) is 0 Å². The highest BCUT2D eigenvalue weighted by Gasteiger charge is 2.08. The number of nitrogens with two attached hydrogens (primary N) is 1. The third kappa shape index (κ3) is 7.57. The fraction of sp³-hybridized carbons (Fsp3) is 0.846. The van der Waals surface area contributed by atoms with E-state index < -0.39 is 0 Å².